The third-order valence-corrected chi connectivity index (χ3v) is 4.81. The molecule has 0 saturated heterocycles. The largest absolute Gasteiger partial charge is 0.313 e. The van der Waals surface area contributed by atoms with Gasteiger partial charge in [0.1, 0.15) is 5.82 Å². The minimum absolute atomic E-state index is 0.0342. The minimum atomic E-state index is -3.66. The van der Waals surface area contributed by atoms with Crippen LogP contribution in [-0.4, -0.2) is 21.5 Å². The van der Waals surface area contributed by atoms with E-state index < -0.39 is 15.8 Å². The number of rotatable bonds is 9. The number of nitrogens with one attached hydrogen (secondary N) is 2. The molecule has 1 rings (SSSR count). The van der Waals surface area contributed by atoms with Crippen molar-refractivity contribution < 1.29 is 12.8 Å². The molecule has 0 aliphatic carbocycles. The van der Waals surface area contributed by atoms with Gasteiger partial charge in [0.2, 0.25) is 10.0 Å². The van der Waals surface area contributed by atoms with Crippen LogP contribution in [0, 0.1) is 12.7 Å². The van der Waals surface area contributed by atoms with Gasteiger partial charge in [-0.15, -0.1) is 0 Å². The Labute approximate surface area is 127 Å². The van der Waals surface area contributed by atoms with Crippen LogP contribution < -0.4 is 10.0 Å². The SMILES string of the molecule is CCCCNS(=O)(=O)c1cc(CNCCC)cc(F)c1C. The number of unbranched alkanes of at least 4 members (excludes halogenated alkanes) is 1. The van der Waals surface area contributed by atoms with Gasteiger partial charge in [-0.05, 0) is 44.0 Å². The zero-order valence-electron chi connectivity index (χ0n) is 13.0. The summed E-state index contributed by atoms with van der Waals surface area (Å²) in [4.78, 5) is 0.0342. The molecule has 0 heterocycles. The van der Waals surface area contributed by atoms with Gasteiger partial charge in [0.05, 0.1) is 4.90 Å². The standard InChI is InChI=1S/C15H25FN2O2S/c1-4-6-8-18-21(19,20)15-10-13(11-17-7-5-2)9-14(16)12(15)3/h9-10,17-18H,4-8,11H2,1-3H3. The zero-order valence-corrected chi connectivity index (χ0v) is 13.8. The van der Waals surface area contributed by atoms with Crippen LogP contribution in [0.5, 0.6) is 0 Å². The number of halogens is 1. The molecule has 6 heteroatoms. The van der Waals surface area contributed by atoms with Crippen LogP contribution >= 0.6 is 0 Å². The Morgan fingerprint density at radius 3 is 2.48 bits per heavy atom. The van der Waals surface area contributed by atoms with Crippen molar-refractivity contribution >= 4 is 10.0 Å². The molecule has 1 aromatic rings. The first-order valence-electron chi connectivity index (χ1n) is 7.41. The third kappa shape index (κ3) is 5.37. The summed E-state index contributed by atoms with van der Waals surface area (Å²) in [6.07, 6.45) is 2.63. The van der Waals surface area contributed by atoms with E-state index in [-0.39, 0.29) is 10.5 Å². The van der Waals surface area contributed by atoms with Crippen LogP contribution in [0.1, 0.15) is 44.2 Å². The predicted octanol–water partition coefficient (Wildman–Crippen LogP) is 2.71. The summed E-state index contributed by atoms with van der Waals surface area (Å²) in [5.41, 5.74) is 0.806. The highest BCUT2D eigenvalue weighted by molar-refractivity contribution is 7.89. The molecular formula is C15H25FN2O2S. The minimum Gasteiger partial charge on any atom is -0.313 e. The molecule has 0 aliphatic heterocycles. The van der Waals surface area contributed by atoms with E-state index >= 15 is 0 Å². The molecule has 0 amide bonds. The lowest BCUT2D eigenvalue weighted by atomic mass is 10.1. The third-order valence-electron chi connectivity index (χ3n) is 3.22. The quantitative estimate of drug-likeness (QED) is 0.689. The van der Waals surface area contributed by atoms with Crippen LogP contribution in [0.3, 0.4) is 0 Å². The Hall–Kier alpha value is -0.980. The average Bonchev–Trinajstić information content (AvgIpc) is 2.42. The molecule has 0 unspecified atom stereocenters. The van der Waals surface area contributed by atoms with E-state index in [1.54, 1.807) is 6.07 Å². The highest BCUT2D eigenvalue weighted by Crippen LogP contribution is 2.20. The molecule has 0 aliphatic rings. The summed E-state index contributed by atoms with van der Waals surface area (Å²) in [5, 5.41) is 3.15. The van der Waals surface area contributed by atoms with Gasteiger partial charge in [-0.25, -0.2) is 17.5 Å². The monoisotopic (exact) mass is 316 g/mol. The summed E-state index contributed by atoms with van der Waals surface area (Å²) in [6.45, 7) is 7.16. The van der Waals surface area contributed by atoms with Gasteiger partial charge in [-0.3, -0.25) is 0 Å². The van der Waals surface area contributed by atoms with E-state index in [0.29, 0.717) is 18.7 Å². The molecule has 120 valence electrons. The van der Waals surface area contributed by atoms with Crippen molar-refractivity contribution in [2.45, 2.75) is 51.5 Å². The van der Waals surface area contributed by atoms with Crippen LogP contribution in [0.15, 0.2) is 17.0 Å². The molecule has 21 heavy (non-hydrogen) atoms. The molecule has 0 bridgehead atoms. The highest BCUT2D eigenvalue weighted by Gasteiger charge is 2.19. The van der Waals surface area contributed by atoms with E-state index in [4.69, 9.17) is 0 Å². The lowest BCUT2D eigenvalue weighted by Gasteiger charge is -2.12. The Kier molecular flexibility index (Phi) is 7.28. The molecule has 0 spiro atoms. The number of hydrogen-bond acceptors (Lipinski definition) is 3. The van der Waals surface area contributed by atoms with Gasteiger partial charge in [-0.2, -0.15) is 0 Å². The summed E-state index contributed by atoms with van der Waals surface area (Å²) in [7, 11) is -3.66. The molecule has 0 fully saturated rings. The van der Waals surface area contributed by atoms with E-state index in [2.05, 4.69) is 10.0 Å². The average molecular weight is 316 g/mol. The van der Waals surface area contributed by atoms with E-state index in [0.717, 1.165) is 25.8 Å². The van der Waals surface area contributed by atoms with Gasteiger partial charge < -0.3 is 5.32 Å². The molecule has 0 saturated carbocycles. The second-order valence-corrected chi connectivity index (χ2v) is 6.86. The van der Waals surface area contributed by atoms with Gasteiger partial charge in [0.15, 0.2) is 0 Å². The first-order chi connectivity index (χ1) is 9.92. The fraction of sp³-hybridized carbons (Fsp3) is 0.600. The van der Waals surface area contributed by atoms with Crippen LogP contribution in [0.25, 0.3) is 0 Å². The van der Waals surface area contributed by atoms with Crippen LogP contribution in [-0.2, 0) is 16.6 Å². The smallest absolute Gasteiger partial charge is 0.240 e. The first kappa shape index (κ1) is 18.1. The second kappa shape index (κ2) is 8.46. The van der Waals surface area contributed by atoms with Crippen molar-refractivity contribution in [3.63, 3.8) is 0 Å². The molecule has 1 aromatic carbocycles. The Bertz CT molecular complexity index is 559. The van der Waals surface area contributed by atoms with Crippen LogP contribution in [0.2, 0.25) is 0 Å². The van der Waals surface area contributed by atoms with Gasteiger partial charge >= 0.3 is 0 Å². The molecule has 2 N–H and O–H groups in total. The van der Waals surface area contributed by atoms with Crippen LogP contribution in [0.4, 0.5) is 4.39 Å². The molecule has 4 nitrogen and oxygen atoms in total. The molecule has 0 aromatic heterocycles. The predicted molar refractivity (Wildman–Crippen MR) is 83.2 cm³/mol. The lowest BCUT2D eigenvalue weighted by Crippen LogP contribution is -2.26. The fourth-order valence-corrected chi connectivity index (χ4v) is 3.33. The lowest BCUT2D eigenvalue weighted by molar-refractivity contribution is 0.570. The molecular weight excluding hydrogens is 291 g/mol. The highest BCUT2D eigenvalue weighted by atomic mass is 32.2. The summed E-state index contributed by atoms with van der Waals surface area (Å²) in [6, 6.07) is 2.94. The van der Waals surface area contributed by atoms with E-state index in [1.807, 2.05) is 13.8 Å². The topological polar surface area (TPSA) is 58.2 Å². The number of hydrogen-bond donors (Lipinski definition) is 2. The summed E-state index contributed by atoms with van der Waals surface area (Å²) >= 11 is 0. The van der Waals surface area contributed by atoms with Crippen molar-refractivity contribution in [3.05, 3.63) is 29.1 Å². The van der Waals surface area contributed by atoms with E-state index in [9.17, 15) is 12.8 Å². The van der Waals surface area contributed by atoms with Crippen molar-refractivity contribution in [2.24, 2.45) is 0 Å². The maximum Gasteiger partial charge on any atom is 0.240 e. The van der Waals surface area contributed by atoms with E-state index in [1.165, 1.54) is 13.0 Å². The Morgan fingerprint density at radius 1 is 1.14 bits per heavy atom. The maximum absolute atomic E-state index is 13.9. The summed E-state index contributed by atoms with van der Waals surface area (Å²) in [5.74, 6) is -0.485. The van der Waals surface area contributed by atoms with Crippen molar-refractivity contribution in [2.75, 3.05) is 13.1 Å². The number of benzene rings is 1. The molecule has 0 atom stereocenters. The first-order valence-corrected chi connectivity index (χ1v) is 8.90. The Balaban J connectivity index is 2.99. The van der Waals surface area contributed by atoms with Crippen molar-refractivity contribution in [3.8, 4) is 0 Å². The fourth-order valence-electron chi connectivity index (χ4n) is 1.96. The van der Waals surface area contributed by atoms with Gasteiger partial charge in [0.25, 0.3) is 0 Å². The van der Waals surface area contributed by atoms with Gasteiger partial charge in [0, 0.05) is 18.7 Å². The van der Waals surface area contributed by atoms with Gasteiger partial charge in [-0.1, -0.05) is 20.3 Å². The second-order valence-electron chi connectivity index (χ2n) is 5.13. The maximum atomic E-state index is 13.9. The number of sulfonamides is 1. The summed E-state index contributed by atoms with van der Waals surface area (Å²) < 4.78 is 41.0. The van der Waals surface area contributed by atoms with Crippen molar-refractivity contribution in [1.82, 2.24) is 10.0 Å². The Morgan fingerprint density at radius 2 is 1.86 bits per heavy atom. The zero-order chi connectivity index (χ0) is 15.9. The normalized spacial score (nSPS) is 11.8. The van der Waals surface area contributed by atoms with Crippen molar-refractivity contribution in [1.29, 1.82) is 0 Å². The molecule has 0 radical (unpaired) electrons.